The summed E-state index contributed by atoms with van der Waals surface area (Å²) in [6.45, 7) is 4.19. The van der Waals surface area contributed by atoms with Crippen LogP contribution in [-0.2, 0) is 0 Å². The third kappa shape index (κ3) is 3.58. The van der Waals surface area contributed by atoms with Gasteiger partial charge in [0, 0.05) is 17.6 Å². The van der Waals surface area contributed by atoms with E-state index in [0.29, 0.717) is 22.3 Å². The molecule has 0 aliphatic rings. The van der Waals surface area contributed by atoms with Crippen LogP contribution in [0.15, 0.2) is 35.3 Å². The van der Waals surface area contributed by atoms with Gasteiger partial charge in [-0.2, -0.15) is 0 Å². The van der Waals surface area contributed by atoms with Crippen molar-refractivity contribution in [1.29, 1.82) is 0 Å². The highest BCUT2D eigenvalue weighted by atomic mass is 79.9. The quantitative estimate of drug-likeness (QED) is 0.818. The Hall–Kier alpha value is -1.33. The van der Waals surface area contributed by atoms with Gasteiger partial charge in [0.15, 0.2) is 0 Å². The maximum atomic E-state index is 12.3. The zero-order valence-electron chi connectivity index (χ0n) is 10.2. The predicted molar refractivity (Wildman–Crippen MR) is 73.9 cm³/mol. The molecule has 0 atom stereocenters. The van der Waals surface area contributed by atoms with Crippen molar-refractivity contribution in [1.82, 2.24) is 4.90 Å². The van der Waals surface area contributed by atoms with E-state index in [9.17, 15) is 4.79 Å². The summed E-state index contributed by atoms with van der Waals surface area (Å²) in [6, 6.07) is 5.20. The first kappa shape index (κ1) is 14.7. The van der Waals surface area contributed by atoms with Crippen LogP contribution in [0, 0.1) is 0 Å². The minimum atomic E-state index is -0.172. The number of benzene rings is 1. The molecule has 0 unspecified atom stereocenters. The van der Waals surface area contributed by atoms with Gasteiger partial charge in [0.2, 0.25) is 0 Å². The second-order valence-electron chi connectivity index (χ2n) is 3.61. The molecule has 1 aromatic carbocycles. The van der Waals surface area contributed by atoms with Crippen molar-refractivity contribution in [3.8, 4) is 5.75 Å². The van der Waals surface area contributed by atoms with Crippen molar-refractivity contribution < 1.29 is 14.6 Å². The molecule has 1 aromatic rings. The van der Waals surface area contributed by atoms with E-state index < -0.39 is 0 Å². The van der Waals surface area contributed by atoms with Gasteiger partial charge in [-0.1, -0.05) is 6.08 Å². The van der Waals surface area contributed by atoms with E-state index in [1.54, 1.807) is 31.4 Å². The van der Waals surface area contributed by atoms with Gasteiger partial charge in [-0.3, -0.25) is 4.79 Å². The highest BCUT2D eigenvalue weighted by Gasteiger charge is 2.17. The molecular formula is C13H16BrNO3. The molecule has 0 saturated heterocycles. The lowest BCUT2D eigenvalue weighted by Crippen LogP contribution is -2.33. The lowest BCUT2D eigenvalue weighted by molar-refractivity contribution is 0.0741. The molecule has 1 N–H and O–H groups in total. The number of methoxy groups -OCH3 is 1. The Bertz CT molecular complexity index is 434. The van der Waals surface area contributed by atoms with E-state index in [1.165, 1.54) is 4.90 Å². The average Bonchev–Trinajstić information content (AvgIpc) is 2.38. The first-order valence-corrected chi connectivity index (χ1v) is 6.28. The Morgan fingerprint density at radius 2 is 2.33 bits per heavy atom. The Labute approximate surface area is 115 Å². The highest BCUT2D eigenvalue weighted by molar-refractivity contribution is 9.10. The molecule has 1 amide bonds. The van der Waals surface area contributed by atoms with Gasteiger partial charge in [-0.05, 0) is 34.1 Å². The number of halogens is 1. The van der Waals surface area contributed by atoms with Crippen molar-refractivity contribution in [2.45, 2.75) is 0 Å². The van der Waals surface area contributed by atoms with Crippen LogP contribution in [0.3, 0.4) is 0 Å². The zero-order valence-corrected chi connectivity index (χ0v) is 11.8. The second kappa shape index (κ2) is 7.18. The fourth-order valence-corrected chi connectivity index (χ4v) is 1.93. The maximum Gasteiger partial charge on any atom is 0.255 e. The molecule has 0 fully saturated rings. The standard InChI is InChI=1S/C13H16BrNO3/c1-3-6-15(7-8-16)13(17)11-9-10(18-2)4-5-12(11)14/h3-5,9,16H,1,6-8H2,2H3. The molecule has 1 rings (SSSR count). The largest absolute Gasteiger partial charge is 0.497 e. The molecule has 0 bridgehead atoms. The summed E-state index contributed by atoms with van der Waals surface area (Å²) in [5, 5.41) is 8.96. The molecule has 0 radical (unpaired) electrons. The average molecular weight is 314 g/mol. The van der Waals surface area contributed by atoms with Gasteiger partial charge in [-0.15, -0.1) is 6.58 Å². The normalized spacial score (nSPS) is 9.94. The summed E-state index contributed by atoms with van der Waals surface area (Å²) in [7, 11) is 1.55. The number of hydrogen-bond donors (Lipinski definition) is 1. The van der Waals surface area contributed by atoms with Gasteiger partial charge in [0.1, 0.15) is 5.75 Å². The van der Waals surface area contributed by atoms with Gasteiger partial charge in [-0.25, -0.2) is 0 Å². The SMILES string of the molecule is C=CCN(CCO)C(=O)c1cc(OC)ccc1Br. The van der Waals surface area contributed by atoms with Crippen molar-refractivity contribution in [3.63, 3.8) is 0 Å². The highest BCUT2D eigenvalue weighted by Crippen LogP contribution is 2.23. The summed E-state index contributed by atoms with van der Waals surface area (Å²) in [5.41, 5.74) is 0.504. The van der Waals surface area contributed by atoms with Crippen LogP contribution < -0.4 is 4.74 Å². The number of rotatable bonds is 6. The first-order valence-electron chi connectivity index (χ1n) is 5.48. The van der Waals surface area contributed by atoms with E-state index in [4.69, 9.17) is 9.84 Å². The van der Waals surface area contributed by atoms with Crippen molar-refractivity contribution >= 4 is 21.8 Å². The number of aliphatic hydroxyl groups is 1. The Morgan fingerprint density at radius 1 is 1.61 bits per heavy atom. The van der Waals surface area contributed by atoms with Crippen LogP contribution in [-0.4, -0.2) is 42.7 Å². The van der Waals surface area contributed by atoms with Crippen LogP contribution in [0.5, 0.6) is 5.75 Å². The molecule has 5 heteroatoms. The summed E-state index contributed by atoms with van der Waals surface area (Å²) < 4.78 is 5.79. The molecule has 98 valence electrons. The molecule has 0 aromatic heterocycles. The number of carbonyl (C=O) groups is 1. The van der Waals surface area contributed by atoms with Gasteiger partial charge in [0.05, 0.1) is 19.3 Å². The minimum absolute atomic E-state index is 0.0822. The molecule has 18 heavy (non-hydrogen) atoms. The maximum absolute atomic E-state index is 12.3. The lowest BCUT2D eigenvalue weighted by Gasteiger charge is -2.20. The summed E-state index contributed by atoms with van der Waals surface area (Å²) in [4.78, 5) is 13.8. The van der Waals surface area contributed by atoms with Crippen LogP contribution in [0.1, 0.15) is 10.4 Å². The van der Waals surface area contributed by atoms with E-state index in [-0.39, 0.29) is 19.1 Å². The third-order valence-corrected chi connectivity index (χ3v) is 3.10. The van der Waals surface area contributed by atoms with Crippen LogP contribution >= 0.6 is 15.9 Å². The third-order valence-electron chi connectivity index (χ3n) is 2.41. The molecule has 0 aliphatic carbocycles. The summed E-state index contributed by atoms with van der Waals surface area (Å²) in [6.07, 6.45) is 1.63. The Morgan fingerprint density at radius 3 is 2.89 bits per heavy atom. The Balaban J connectivity index is 3.02. The van der Waals surface area contributed by atoms with E-state index >= 15 is 0 Å². The predicted octanol–water partition coefficient (Wildman–Crippen LogP) is 2.08. The fraction of sp³-hybridized carbons (Fsp3) is 0.308. The van der Waals surface area contributed by atoms with E-state index in [1.807, 2.05) is 0 Å². The summed E-state index contributed by atoms with van der Waals surface area (Å²) >= 11 is 3.34. The van der Waals surface area contributed by atoms with E-state index in [0.717, 1.165) is 0 Å². The van der Waals surface area contributed by atoms with Gasteiger partial charge < -0.3 is 14.7 Å². The topological polar surface area (TPSA) is 49.8 Å². The number of hydrogen-bond acceptors (Lipinski definition) is 3. The molecule has 4 nitrogen and oxygen atoms in total. The smallest absolute Gasteiger partial charge is 0.255 e. The van der Waals surface area contributed by atoms with Gasteiger partial charge >= 0.3 is 0 Å². The molecule has 0 spiro atoms. The zero-order chi connectivity index (χ0) is 13.5. The number of carbonyl (C=O) groups excluding carboxylic acids is 1. The fourth-order valence-electron chi connectivity index (χ4n) is 1.52. The second-order valence-corrected chi connectivity index (χ2v) is 4.46. The monoisotopic (exact) mass is 313 g/mol. The number of amides is 1. The van der Waals surface area contributed by atoms with E-state index in [2.05, 4.69) is 22.5 Å². The minimum Gasteiger partial charge on any atom is -0.497 e. The molecule has 0 heterocycles. The molecule has 0 aliphatic heterocycles. The summed E-state index contributed by atoms with van der Waals surface area (Å²) in [5.74, 6) is 0.443. The van der Waals surface area contributed by atoms with Crippen molar-refractivity contribution in [3.05, 3.63) is 40.9 Å². The van der Waals surface area contributed by atoms with Gasteiger partial charge in [0.25, 0.3) is 5.91 Å². The molecule has 0 saturated carbocycles. The van der Waals surface area contributed by atoms with Crippen molar-refractivity contribution in [2.24, 2.45) is 0 Å². The van der Waals surface area contributed by atoms with Crippen LogP contribution in [0.25, 0.3) is 0 Å². The van der Waals surface area contributed by atoms with Crippen LogP contribution in [0.2, 0.25) is 0 Å². The number of aliphatic hydroxyl groups excluding tert-OH is 1. The van der Waals surface area contributed by atoms with Crippen LogP contribution in [0.4, 0.5) is 0 Å². The number of ether oxygens (including phenoxy) is 1. The van der Waals surface area contributed by atoms with Crippen molar-refractivity contribution in [2.75, 3.05) is 26.8 Å². The first-order chi connectivity index (χ1) is 8.63. The molecular weight excluding hydrogens is 298 g/mol. The number of nitrogens with zero attached hydrogens (tertiary/aromatic N) is 1. The Kier molecular flexibility index (Phi) is 5.88. The lowest BCUT2D eigenvalue weighted by atomic mass is 10.2.